The third kappa shape index (κ3) is 10.7. The molecule has 1 saturated heterocycles. The third-order valence-corrected chi connectivity index (χ3v) is 3.73. The van der Waals surface area contributed by atoms with Crippen molar-refractivity contribution in [3.05, 3.63) is 0 Å². The van der Waals surface area contributed by atoms with E-state index in [-0.39, 0.29) is 24.0 Å². The van der Waals surface area contributed by atoms with Crippen LogP contribution in [0.15, 0.2) is 4.99 Å². The van der Waals surface area contributed by atoms with Gasteiger partial charge >= 0.3 is 0 Å². The topological polar surface area (TPSA) is 53.6 Å². The van der Waals surface area contributed by atoms with E-state index in [2.05, 4.69) is 22.1 Å². The monoisotopic (exact) mass is 396 g/mol. The molecule has 0 atom stereocenters. The molecule has 0 aromatic heterocycles. The van der Waals surface area contributed by atoms with Crippen LogP contribution in [0.3, 0.4) is 0 Å². The van der Waals surface area contributed by atoms with Crippen molar-refractivity contribution >= 4 is 29.9 Å². The van der Waals surface area contributed by atoms with Gasteiger partial charge < -0.3 is 16.0 Å². The van der Waals surface area contributed by atoms with E-state index >= 15 is 0 Å². The largest absolute Gasteiger partial charge is 0.370 e. The maximum Gasteiger partial charge on any atom is 0.188 e. The number of nitrogens with two attached hydrogens (primary N) is 1. The molecule has 0 bridgehead atoms. The third-order valence-electron chi connectivity index (χ3n) is 3.73. The highest BCUT2D eigenvalue weighted by Gasteiger charge is 2.07. The first-order valence-electron chi connectivity index (χ1n) is 8.09. The zero-order valence-electron chi connectivity index (χ0n) is 13.1. The molecular weight excluding hydrogens is 363 g/mol. The fourth-order valence-electron chi connectivity index (χ4n) is 2.50. The number of likely N-dealkylation sites (tertiary alicyclic amines) is 1. The summed E-state index contributed by atoms with van der Waals surface area (Å²) in [6, 6.07) is 0. The van der Waals surface area contributed by atoms with Gasteiger partial charge in [-0.05, 0) is 32.4 Å². The maximum atomic E-state index is 5.86. The van der Waals surface area contributed by atoms with Crippen LogP contribution in [0.4, 0.5) is 0 Å². The zero-order valence-corrected chi connectivity index (χ0v) is 15.4. The van der Waals surface area contributed by atoms with Gasteiger partial charge in [-0.1, -0.05) is 39.0 Å². The van der Waals surface area contributed by atoms with Gasteiger partial charge in [0.2, 0.25) is 0 Å². The molecule has 120 valence electrons. The predicted octanol–water partition coefficient (Wildman–Crippen LogP) is 2.97. The standard InChI is InChI=1S/C15H32N4.HI/c1-2-3-4-7-10-17-15(16)18-11-14-19-12-8-5-6-9-13-19;/h2-14H2,1H3,(H3,16,17,18);1H. The molecule has 20 heavy (non-hydrogen) atoms. The zero-order chi connectivity index (χ0) is 13.8. The van der Waals surface area contributed by atoms with Gasteiger partial charge in [0.25, 0.3) is 0 Å². The molecule has 1 aliphatic rings. The van der Waals surface area contributed by atoms with Crippen LogP contribution >= 0.6 is 24.0 Å². The molecule has 4 nitrogen and oxygen atoms in total. The Morgan fingerprint density at radius 3 is 2.45 bits per heavy atom. The van der Waals surface area contributed by atoms with E-state index in [1.807, 2.05) is 0 Å². The van der Waals surface area contributed by atoms with Crippen LogP contribution in [0.5, 0.6) is 0 Å². The highest BCUT2D eigenvalue weighted by atomic mass is 127. The number of hydrogen-bond donors (Lipinski definition) is 2. The number of nitrogens with zero attached hydrogens (tertiary/aromatic N) is 2. The summed E-state index contributed by atoms with van der Waals surface area (Å²) in [5, 5.41) is 3.23. The predicted molar refractivity (Wildman–Crippen MR) is 99.0 cm³/mol. The highest BCUT2D eigenvalue weighted by Crippen LogP contribution is 2.08. The van der Waals surface area contributed by atoms with Crippen LogP contribution in [-0.2, 0) is 0 Å². The quantitative estimate of drug-likeness (QED) is 0.287. The first kappa shape index (κ1) is 20.0. The lowest BCUT2D eigenvalue weighted by Crippen LogP contribution is -2.39. The lowest BCUT2D eigenvalue weighted by molar-refractivity contribution is 0.289. The van der Waals surface area contributed by atoms with Gasteiger partial charge in [0.15, 0.2) is 5.96 Å². The van der Waals surface area contributed by atoms with E-state index < -0.39 is 0 Å². The smallest absolute Gasteiger partial charge is 0.188 e. The number of rotatable bonds is 8. The molecule has 0 unspecified atom stereocenters. The molecule has 1 heterocycles. The van der Waals surface area contributed by atoms with E-state index in [1.165, 1.54) is 58.0 Å². The summed E-state index contributed by atoms with van der Waals surface area (Å²) in [5.74, 6) is 0.617. The number of halogens is 1. The summed E-state index contributed by atoms with van der Waals surface area (Å²) < 4.78 is 0. The van der Waals surface area contributed by atoms with Crippen LogP contribution in [0, 0.1) is 0 Å². The number of hydrogen-bond acceptors (Lipinski definition) is 2. The Balaban J connectivity index is 0.00000361. The van der Waals surface area contributed by atoms with Crippen molar-refractivity contribution < 1.29 is 0 Å². The summed E-state index contributed by atoms with van der Waals surface area (Å²) >= 11 is 0. The van der Waals surface area contributed by atoms with E-state index in [9.17, 15) is 0 Å². The van der Waals surface area contributed by atoms with Crippen molar-refractivity contribution in [2.75, 3.05) is 32.7 Å². The summed E-state index contributed by atoms with van der Waals surface area (Å²) in [4.78, 5) is 6.90. The second-order valence-electron chi connectivity index (χ2n) is 5.51. The number of unbranched alkanes of at least 4 members (excludes halogenated alkanes) is 3. The van der Waals surface area contributed by atoms with Crippen molar-refractivity contribution in [1.82, 2.24) is 10.2 Å². The minimum absolute atomic E-state index is 0. The molecule has 1 aliphatic heterocycles. The van der Waals surface area contributed by atoms with Crippen molar-refractivity contribution in [1.29, 1.82) is 0 Å². The normalized spacial score (nSPS) is 17.4. The van der Waals surface area contributed by atoms with Crippen LogP contribution in [-0.4, -0.2) is 43.6 Å². The Bertz CT molecular complexity index is 238. The fraction of sp³-hybridized carbons (Fsp3) is 0.933. The van der Waals surface area contributed by atoms with Gasteiger partial charge in [-0.3, -0.25) is 4.99 Å². The van der Waals surface area contributed by atoms with E-state index in [0.29, 0.717) is 5.96 Å². The van der Waals surface area contributed by atoms with Crippen LogP contribution in [0.25, 0.3) is 0 Å². The van der Waals surface area contributed by atoms with Crippen LogP contribution in [0.1, 0.15) is 58.3 Å². The molecule has 1 fully saturated rings. The Labute approximate surface area is 142 Å². The van der Waals surface area contributed by atoms with Crippen molar-refractivity contribution in [3.63, 3.8) is 0 Å². The van der Waals surface area contributed by atoms with Gasteiger partial charge in [-0.15, -0.1) is 24.0 Å². The van der Waals surface area contributed by atoms with Gasteiger partial charge in [-0.25, -0.2) is 0 Å². The maximum absolute atomic E-state index is 5.86. The fourth-order valence-corrected chi connectivity index (χ4v) is 2.50. The van der Waals surface area contributed by atoms with Crippen molar-refractivity contribution in [3.8, 4) is 0 Å². The first-order chi connectivity index (χ1) is 9.33. The Morgan fingerprint density at radius 1 is 1.10 bits per heavy atom. The molecule has 0 aromatic carbocycles. The molecule has 0 saturated carbocycles. The average Bonchev–Trinajstić information content (AvgIpc) is 2.67. The molecular formula is C15H33IN4. The van der Waals surface area contributed by atoms with Crippen LogP contribution < -0.4 is 11.1 Å². The summed E-state index contributed by atoms with van der Waals surface area (Å²) in [6.07, 6.45) is 10.5. The highest BCUT2D eigenvalue weighted by molar-refractivity contribution is 14.0. The Morgan fingerprint density at radius 2 is 1.80 bits per heavy atom. The molecule has 0 amide bonds. The molecule has 0 radical (unpaired) electrons. The van der Waals surface area contributed by atoms with Crippen molar-refractivity contribution in [2.24, 2.45) is 10.7 Å². The second-order valence-corrected chi connectivity index (χ2v) is 5.51. The lowest BCUT2D eigenvalue weighted by Gasteiger charge is -2.19. The molecule has 0 aromatic rings. The first-order valence-corrected chi connectivity index (χ1v) is 8.09. The number of guanidine groups is 1. The molecule has 3 N–H and O–H groups in total. The Hall–Kier alpha value is -0.0400. The summed E-state index contributed by atoms with van der Waals surface area (Å²) in [7, 11) is 0. The minimum atomic E-state index is 0. The summed E-state index contributed by atoms with van der Waals surface area (Å²) in [5.41, 5.74) is 5.86. The number of aliphatic imine (C=N–C) groups is 1. The van der Waals surface area contributed by atoms with Crippen LogP contribution in [0.2, 0.25) is 0 Å². The van der Waals surface area contributed by atoms with E-state index in [0.717, 1.165) is 26.1 Å². The molecule has 5 heteroatoms. The summed E-state index contributed by atoms with van der Waals surface area (Å²) in [6.45, 7) is 7.59. The second kappa shape index (κ2) is 13.9. The minimum Gasteiger partial charge on any atom is -0.370 e. The van der Waals surface area contributed by atoms with Gasteiger partial charge in [0, 0.05) is 19.6 Å². The molecule has 0 spiro atoms. The lowest BCUT2D eigenvalue weighted by atomic mass is 10.2. The van der Waals surface area contributed by atoms with E-state index in [1.54, 1.807) is 0 Å². The SMILES string of the molecule is CCCCCCN=C(N)NCCN1CCCCCC1.I. The van der Waals surface area contributed by atoms with Crippen molar-refractivity contribution in [2.45, 2.75) is 58.3 Å². The molecule has 0 aliphatic carbocycles. The molecule has 1 rings (SSSR count). The van der Waals surface area contributed by atoms with Gasteiger partial charge in [-0.2, -0.15) is 0 Å². The number of nitrogens with one attached hydrogen (secondary N) is 1. The average molecular weight is 396 g/mol. The van der Waals surface area contributed by atoms with E-state index in [4.69, 9.17) is 5.73 Å². The van der Waals surface area contributed by atoms with Gasteiger partial charge in [0.05, 0.1) is 0 Å². The van der Waals surface area contributed by atoms with Gasteiger partial charge in [0.1, 0.15) is 0 Å². The Kier molecular flexibility index (Phi) is 13.9.